The Labute approximate surface area is 192 Å². The van der Waals surface area contributed by atoms with Gasteiger partial charge in [0.15, 0.2) is 11.5 Å². The Morgan fingerprint density at radius 1 is 0.969 bits per heavy atom. The van der Waals surface area contributed by atoms with Crippen LogP contribution in [0, 0.1) is 0 Å². The Morgan fingerprint density at radius 2 is 1.75 bits per heavy atom. The van der Waals surface area contributed by atoms with Gasteiger partial charge in [0, 0.05) is 41.1 Å². The number of halogens is 1. The molecule has 5 rings (SSSR count). The maximum absolute atomic E-state index is 12.8. The molecule has 3 aromatic rings. The lowest BCUT2D eigenvalue weighted by Crippen LogP contribution is -2.36. The fraction of sp³-hybridized carbons (Fsp3) is 0.346. The van der Waals surface area contributed by atoms with Gasteiger partial charge < -0.3 is 9.42 Å². The summed E-state index contributed by atoms with van der Waals surface area (Å²) in [6, 6.07) is 13.5. The van der Waals surface area contributed by atoms with E-state index in [4.69, 9.17) is 16.1 Å². The average molecular weight is 449 g/mol. The van der Waals surface area contributed by atoms with Gasteiger partial charge in [0.05, 0.1) is 6.54 Å². The summed E-state index contributed by atoms with van der Waals surface area (Å²) in [6.45, 7) is 1.01. The van der Waals surface area contributed by atoms with Crippen LogP contribution in [0.25, 0.3) is 11.3 Å². The minimum Gasteiger partial charge on any atom is -0.356 e. The molecule has 0 bridgehead atoms. The highest BCUT2D eigenvalue weighted by Gasteiger charge is 2.27. The number of ketones is 1. The highest BCUT2D eigenvalue weighted by atomic mass is 35.5. The van der Waals surface area contributed by atoms with E-state index in [-0.39, 0.29) is 24.5 Å². The van der Waals surface area contributed by atoms with Gasteiger partial charge in [-0.3, -0.25) is 9.59 Å². The van der Waals surface area contributed by atoms with Crippen LogP contribution in [0.15, 0.2) is 47.0 Å². The van der Waals surface area contributed by atoms with Crippen molar-refractivity contribution in [3.63, 3.8) is 0 Å². The molecule has 0 N–H and O–H groups in total. The normalized spacial score (nSPS) is 15.2. The Morgan fingerprint density at radius 3 is 2.56 bits per heavy atom. The molecule has 2 aliphatic rings. The molecular formula is C26H25ClN2O3. The summed E-state index contributed by atoms with van der Waals surface area (Å²) in [7, 11) is 0. The number of aryl methyl sites for hydroxylation is 2. The number of aromatic nitrogens is 1. The second-order valence-corrected chi connectivity index (χ2v) is 9.06. The lowest BCUT2D eigenvalue weighted by Gasteiger charge is -2.26. The number of carbonyl (C=O) groups excluding carboxylic acids is 2. The minimum atomic E-state index is -0.0157. The van der Waals surface area contributed by atoms with Gasteiger partial charge in [0.1, 0.15) is 5.69 Å². The van der Waals surface area contributed by atoms with E-state index in [0.29, 0.717) is 24.5 Å². The number of Topliss-reactive ketones (excluding diaryl/α,β-unsaturated/α-hetero) is 1. The van der Waals surface area contributed by atoms with Crippen molar-refractivity contribution >= 4 is 23.3 Å². The molecule has 1 aliphatic carbocycles. The Hall–Kier alpha value is -2.92. The van der Waals surface area contributed by atoms with E-state index in [2.05, 4.69) is 11.2 Å². The topological polar surface area (TPSA) is 63.4 Å². The molecule has 1 aliphatic heterocycles. The summed E-state index contributed by atoms with van der Waals surface area (Å²) in [4.78, 5) is 27.3. The van der Waals surface area contributed by atoms with E-state index in [1.165, 1.54) is 24.0 Å². The van der Waals surface area contributed by atoms with Crippen molar-refractivity contribution in [2.24, 2.45) is 0 Å². The van der Waals surface area contributed by atoms with Gasteiger partial charge in [-0.1, -0.05) is 28.9 Å². The van der Waals surface area contributed by atoms with Crippen molar-refractivity contribution in [2.75, 3.05) is 6.54 Å². The van der Waals surface area contributed by atoms with Gasteiger partial charge in [-0.2, -0.15) is 0 Å². The maximum atomic E-state index is 12.8. The van der Waals surface area contributed by atoms with Crippen LogP contribution in [0.5, 0.6) is 0 Å². The zero-order chi connectivity index (χ0) is 22.1. The number of hydrogen-bond donors (Lipinski definition) is 0. The van der Waals surface area contributed by atoms with Gasteiger partial charge in [-0.05, 0) is 73.6 Å². The quantitative estimate of drug-likeness (QED) is 0.489. The van der Waals surface area contributed by atoms with Gasteiger partial charge >= 0.3 is 0 Å². The third kappa shape index (κ3) is 4.22. The number of benzene rings is 2. The molecule has 164 valence electrons. The first kappa shape index (κ1) is 21.0. The zero-order valence-corrected chi connectivity index (χ0v) is 18.7. The molecule has 0 unspecified atom stereocenters. The molecule has 0 fully saturated rings. The summed E-state index contributed by atoms with van der Waals surface area (Å²) in [5.41, 5.74) is 6.14. The molecule has 1 aromatic heterocycles. The van der Waals surface area contributed by atoms with Crippen LogP contribution in [0.3, 0.4) is 0 Å². The summed E-state index contributed by atoms with van der Waals surface area (Å²) in [5.74, 6) is 0.764. The van der Waals surface area contributed by atoms with Crippen molar-refractivity contribution < 1.29 is 14.1 Å². The van der Waals surface area contributed by atoms with Crippen LogP contribution in [-0.2, 0) is 30.6 Å². The van der Waals surface area contributed by atoms with Crippen LogP contribution in [0.1, 0.15) is 58.4 Å². The standard InChI is InChI=1S/C26H25ClN2O3/c27-21-9-7-18(8-10-21)26-22-13-14-29(16-23(22)28-32-26)25(31)12-11-24(30)20-6-5-17-3-1-2-4-19(17)15-20/h5-10,15H,1-4,11-14,16H2. The Balaban J connectivity index is 1.20. The summed E-state index contributed by atoms with van der Waals surface area (Å²) >= 11 is 5.98. The van der Waals surface area contributed by atoms with Crippen LogP contribution >= 0.6 is 11.6 Å². The molecule has 0 radical (unpaired) electrons. The van der Waals surface area contributed by atoms with Crippen molar-refractivity contribution in [1.82, 2.24) is 10.1 Å². The largest absolute Gasteiger partial charge is 0.356 e. The second-order valence-electron chi connectivity index (χ2n) is 8.62. The van der Waals surface area contributed by atoms with Gasteiger partial charge in [-0.25, -0.2) is 0 Å². The fourth-order valence-electron chi connectivity index (χ4n) is 4.70. The van der Waals surface area contributed by atoms with E-state index in [9.17, 15) is 9.59 Å². The molecule has 2 heterocycles. The Bertz CT molecular complexity index is 1170. The molecule has 1 amide bonds. The molecule has 32 heavy (non-hydrogen) atoms. The summed E-state index contributed by atoms with van der Waals surface area (Å²) < 4.78 is 5.59. The van der Waals surface area contributed by atoms with Crippen molar-refractivity contribution in [1.29, 1.82) is 0 Å². The second kappa shape index (κ2) is 8.91. The van der Waals surface area contributed by atoms with E-state index in [1.807, 2.05) is 36.4 Å². The van der Waals surface area contributed by atoms with E-state index < -0.39 is 0 Å². The molecule has 0 spiro atoms. The lowest BCUT2D eigenvalue weighted by molar-refractivity contribution is -0.132. The zero-order valence-electron chi connectivity index (χ0n) is 17.9. The number of nitrogens with zero attached hydrogens (tertiary/aromatic N) is 2. The Kier molecular flexibility index (Phi) is 5.83. The first-order valence-electron chi connectivity index (χ1n) is 11.2. The van der Waals surface area contributed by atoms with Gasteiger partial charge in [-0.15, -0.1) is 0 Å². The number of carbonyl (C=O) groups is 2. The van der Waals surface area contributed by atoms with E-state index in [0.717, 1.165) is 41.0 Å². The lowest BCUT2D eigenvalue weighted by atomic mass is 9.89. The molecule has 0 saturated carbocycles. The molecular weight excluding hydrogens is 424 g/mol. The number of rotatable bonds is 5. The van der Waals surface area contributed by atoms with Crippen molar-refractivity contribution in [3.8, 4) is 11.3 Å². The van der Waals surface area contributed by atoms with Crippen LogP contribution < -0.4 is 0 Å². The fourth-order valence-corrected chi connectivity index (χ4v) is 4.83. The number of fused-ring (bicyclic) bond motifs is 2. The van der Waals surface area contributed by atoms with Gasteiger partial charge in [0.2, 0.25) is 5.91 Å². The highest BCUT2D eigenvalue weighted by molar-refractivity contribution is 6.30. The minimum absolute atomic E-state index is 0.0157. The monoisotopic (exact) mass is 448 g/mol. The van der Waals surface area contributed by atoms with Crippen LogP contribution in [0.4, 0.5) is 0 Å². The van der Waals surface area contributed by atoms with Crippen LogP contribution in [0.2, 0.25) is 5.02 Å². The first-order valence-corrected chi connectivity index (χ1v) is 11.6. The van der Waals surface area contributed by atoms with E-state index in [1.54, 1.807) is 4.90 Å². The molecule has 0 saturated heterocycles. The predicted molar refractivity (Wildman–Crippen MR) is 123 cm³/mol. The number of hydrogen-bond acceptors (Lipinski definition) is 4. The summed E-state index contributed by atoms with van der Waals surface area (Å²) in [5, 5.41) is 4.87. The van der Waals surface area contributed by atoms with Crippen molar-refractivity contribution in [3.05, 3.63) is 75.4 Å². The molecule has 5 nitrogen and oxygen atoms in total. The average Bonchev–Trinajstić information content (AvgIpc) is 3.25. The molecule has 6 heteroatoms. The van der Waals surface area contributed by atoms with Gasteiger partial charge in [0.25, 0.3) is 0 Å². The molecule has 0 atom stereocenters. The summed E-state index contributed by atoms with van der Waals surface area (Å²) in [6.07, 6.45) is 5.67. The predicted octanol–water partition coefficient (Wildman–Crippen LogP) is 5.42. The van der Waals surface area contributed by atoms with E-state index >= 15 is 0 Å². The smallest absolute Gasteiger partial charge is 0.223 e. The molecule has 2 aromatic carbocycles. The SMILES string of the molecule is O=C(CCC(=O)N1CCc2c(noc2-c2ccc(Cl)cc2)C1)c1ccc2c(c1)CCCC2. The third-order valence-corrected chi connectivity index (χ3v) is 6.79. The van der Waals surface area contributed by atoms with Crippen molar-refractivity contribution in [2.45, 2.75) is 51.5 Å². The highest BCUT2D eigenvalue weighted by Crippen LogP contribution is 2.31. The third-order valence-electron chi connectivity index (χ3n) is 6.54. The first-order chi connectivity index (χ1) is 15.6. The number of amides is 1. The van der Waals surface area contributed by atoms with Crippen LogP contribution in [-0.4, -0.2) is 28.3 Å². The maximum Gasteiger partial charge on any atom is 0.223 e.